The number of methoxy groups -OCH3 is 1. The predicted octanol–water partition coefficient (Wildman–Crippen LogP) is 1.52. The van der Waals surface area contributed by atoms with E-state index in [0.29, 0.717) is 17.8 Å². The molecule has 0 radical (unpaired) electrons. The smallest absolute Gasteiger partial charge is 0.488 e. The van der Waals surface area contributed by atoms with Gasteiger partial charge in [-0.2, -0.15) is 0 Å². The lowest BCUT2D eigenvalue weighted by atomic mass is 9.79. The summed E-state index contributed by atoms with van der Waals surface area (Å²) in [5, 5.41) is 18.5. The average molecular weight is 286 g/mol. The lowest BCUT2D eigenvalue weighted by Gasteiger charge is -2.12. The number of hydrogen-bond donors (Lipinski definition) is 2. The van der Waals surface area contributed by atoms with Gasteiger partial charge in [0.2, 0.25) is 0 Å². The SMILES string of the molecule is CCc1cccc(OCc2cc(B(O)O)ccc2OC)c1. The molecule has 0 amide bonds. The van der Waals surface area contributed by atoms with Gasteiger partial charge in [-0.3, -0.25) is 0 Å². The summed E-state index contributed by atoms with van der Waals surface area (Å²) in [5.41, 5.74) is 2.39. The highest BCUT2D eigenvalue weighted by Gasteiger charge is 2.14. The third kappa shape index (κ3) is 4.00. The van der Waals surface area contributed by atoms with Crippen LogP contribution in [0, 0.1) is 0 Å². The van der Waals surface area contributed by atoms with E-state index < -0.39 is 7.12 Å². The Hall–Kier alpha value is -1.98. The molecule has 0 heterocycles. The molecule has 0 bridgehead atoms. The van der Waals surface area contributed by atoms with E-state index in [1.165, 1.54) is 5.56 Å². The number of rotatable bonds is 6. The molecule has 0 atom stereocenters. The van der Waals surface area contributed by atoms with Gasteiger partial charge in [0, 0.05) is 5.56 Å². The van der Waals surface area contributed by atoms with E-state index in [-0.39, 0.29) is 0 Å². The van der Waals surface area contributed by atoms with E-state index in [1.54, 1.807) is 25.3 Å². The van der Waals surface area contributed by atoms with Crippen molar-refractivity contribution in [2.75, 3.05) is 7.11 Å². The zero-order valence-corrected chi connectivity index (χ0v) is 12.2. The normalized spacial score (nSPS) is 10.3. The topological polar surface area (TPSA) is 58.9 Å². The first-order chi connectivity index (χ1) is 10.1. The monoisotopic (exact) mass is 286 g/mol. The summed E-state index contributed by atoms with van der Waals surface area (Å²) in [4.78, 5) is 0. The molecule has 2 N–H and O–H groups in total. The number of benzene rings is 2. The van der Waals surface area contributed by atoms with Gasteiger partial charge in [0.05, 0.1) is 7.11 Å². The molecular formula is C16H19BO4. The lowest BCUT2D eigenvalue weighted by molar-refractivity contribution is 0.296. The van der Waals surface area contributed by atoms with Crippen molar-refractivity contribution in [2.24, 2.45) is 0 Å². The summed E-state index contributed by atoms with van der Waals surface area (Å²) in [6, 6.07) is 12.9. The second-order valence-electron chi connectivity index (χ2n) is 4.73. The summed E-state index contributed by atoms with van der Waals surface area (Å²) < 4.78 is 11.0. The Morgan fingerprint density at radius 2 is 1.90 bits per heavy atom. The fraction of sp³-hybridized carbons (Fsp3) is 0.250. The van der Waals surface area contributed by atoms with Crippen LogP contribution in [0.1, 0.15) is 18.1 Å². The zero-order valence-electron chi connectivity index (χ0n) is 12.2. The molecule has 0 aliphatic carbocycles. The highest BCUT2D eigenvalue weighted by molar-refractivity contribution is 6.58. The second-order valence-corrected chi connectivity index (χ2v) is 4.73. The minimum Gasteiger partial charge on any atom is -0.496 e. The van der Waals surface area contributed by atoms with Gasteiger partial charge in [0.15, 0.2) is 0 Å². The number of aryl methyl sites for hydroxylation is 1. The first-order valence-electron chi connectivity index (χ1n) is 6.88. The third-order valence-electron chi connectivity index (χ3n) is 3.30. The summed E-state index contributed by atoms with van der Waals surface area (Å²) in [6.45, 7) is 2.39. The summed E-state index contributed by atoms with van der Waals surface area (Å²) >= 11 is 0. The predicted molar refractivity (Wildman–Crippen MR) is 83.0 cm³/mol. The minimum atomic E-state index is -1.50. The minimum absolute atomic E-state index is 0.302. The van der Waals surface area contributed by atoms with Crippen LogP contribution >= 0.6 is 0 Å². The van der Waals surface area contributed by atoms with Crippen molar-refractivity contribution in [3.63, 3.8) is 0 Å². The quantitative estimate of drug-likeness (QED) is 0.790. The van der Waals surface area contributed by atoms with Crippen LogP contribution in [-0.4, -0.2) is 24.3 Å². The Morgan fingerprint density at radius 1 is 1.10 bits per heavy atom. The van der Waals surface area contributed by atoms with E-state index in [2.05, 4.69) is 13.0 Å². The summed E-state index contributed by atoms with van der Waals surface area (Å²) in [5.74, 6) is 1.44. The Kier molecular flexibility index (Phi) is 5.25. The maximum atomic E-state index is 9.24. The molecule has 0 unspecified atom stereocenters. The highest BCUT2D eigenvalue weighted by atomic mass is 16.5. The summed E-state index contributed by atoms with van der Waals surface area (Å²) in [7, 11) is 0.0732. The molecule has 0 saturated heterocycles. The maximum Gasteiger partial charge on any atom is 0.488 e. The van der Waals surface area contributed by atoms with Crippen LogP contribution < -0.4 is 14.9 Å². The van der Waals surface area contributed by atoms with Crippen LogP contribution in [0.4, 0.5) is 0 Å². The third-order valence-corrected chi connectivity index (χ3v) is 3.30. The molecule has 0 saturated carbocycles. The molecule has 4 nitrogen and oxygen atoms in total. The fourth-order valence-corrected chi connectivity index (χ4v) is 2.09. The van der Waals surface area contributed by atoms with E-state index in [9.17, 15) is 10.0 Å². The molecule has 0 aliphatic rings. The Morgan fingerprint density at radius 3 is 2.57 bits per heavy atom. The Balaban J connectivity index is 2.16. The first-order valence-corrected chi connectivity index (χ1v) is 6.88. The van der Waals surface area contributed by atoms with Gasteiger partial charge in [-0.15, -0.1) is 0 Å². The molecule has 0 fully saturated rings. The van der Waals surface area contributed by atoms with Crippen molar-refractivity contribution in [2.45, 2.75) is 20.0 Å². The maximum absolute atomic E-state index is 9.24. The van der Waals surface area contributed by atoms with E-state index in [4.69, 9.17) is 9.47 Å². The Bertz CT molecular complexity index is 599. The van der Waals surface area contributed by atoms with Gasteiger partial charge in [0.1, 0.15) is 18.1 Å². The molecule has 2 aromatic carbocycles. The van der Waals surface area contributed by atoms with Crippen LogP contribution in [0.15, 0.2) is 42.5 Å². The first kappa shape index (κ1) is 15.4. The van der Waals surface area contributed by atoms with Crippen molar-refractivity contribution >= 4 is 12.6 Å². The van der Waals surface area contributed by atoms with Crippen molar-refractivity contribution in [3.8, 4) is 11.5 Å². The van der Waals surface area contributed by atoms with Crippen LogP contribution in [0.3, 0.4) is 0 Å². The highest BCUT2D eigenvalue weighted by Crippen LogP contribution is 2.20. The molecule has 0 spiro atoms. The molecule has 21 heavy (non-hydrogen) atoms. The molecule has 2 rings (SSSR count). The number of ether oxygens (including phenoxy) is 2. The molecular weight excluding hydrogens is 267 g/mol. The summed E-state index contributed by atoms with van der Waals surface area (Å²) in [6.07, 6.45) is 0.951. The van der Waals surface area contributed by atoms with Crippen molar-refractivity contribution in [3.05, 3.63) is 53.6 Å². The largest absolute Gasteiger partial charge is 0.496 e. The van der Waals surface area contributed by atoms with Crippen molar-refractivity contribution in [1.82, 2.24) is 0 Å². The van der Waals surface area contributed by atoms with Gasteiger partial charge in [-0.1, -0.05) is 31.2 Å². The van der Waals surface area contributed by atoms with Crippen LogP contribution in [0.2, 0.25) is 0 Å². The van der Waals surface area contributed by atoms with Crippen LogP contribution in [0.5, 0.6) is 11.5 Å². The Labute approximate surface area is 125 Å². The fourth-order valence-electron chi connectivity index (χ4n) is 2.09. The van der Waals surface area contributed by atoms with E-state index in [1.807, 2.05) is 18.2 Å². The van der Waals surface area contributed by atoms with Crippen LogP contribution in [0.25, 0.3) is 0 Å². The molecule has 0 aliphatic heterocycles. The van der Waals surface area contributed by atoms with Gasteiger partial charge in [-0.25, -0.2) is 0 Å². The average Bonchev–Trinajstić information content (AvgIpc) is 2.52. The lowest BCUT2D eigenvalue weighted by Crippen LogP contribution is -2.30. The van der Waals surface area contributed by atoms with Gasteiger partial charge >= 0.3 is 7.12 Å². The van der Waals surface area contributed by atoms with Crippen LogP contribution in [-0.2, 0) is 13.0 Å². The molecule has 5 heteroatoms. The van der Waals surface area contributed by atoms with Gasteiger partial charge in [0.25, 0.3) is 0 Å². The molecule has 110 valence electrons. The van der Waals surface area contributed by atoms with E-state index >= 15 is 0 Å². The standard InChI is InChI=1S/C16H19BO4/c1-3-12-5-4-6-15(9-12)21-11-13-10-14(17(18)19)7-8-16(13)20-2/h4-10,18-19H,3,11H2,1-2H3. The van der Waals surface area contributed by atoms with Gasteiger partial charge < -0.3 is 19.5 Å². The molecule has 0 aromatic heterocycles. The number of hydrogen-bond acceptors (Lipinski definition) is 4. The zero-order chi connectivity index (χ0) is 15.2. The van der Waals surface area contributed by atoms with Crippen molar-refractivity contribution in [1.29, 1.82) is 0 Å². The van der Waals surface area contributed by atoms with Gasteiger partial charge in [-0.05, 0) is 35.6 Å². The van der Waals surface area contributed by atoms with Crippen molar-refractivity contribution < 1.29 is 19.5 Å². The van der Waals surface area contributed by atoms with E-state index in [0.717, 1.165) is 17.7 Å². The second kappa shape index (κ2) is 7.15. The molecule has 2 aromatic rings.